The van der Waals surface area contributed by atoms with Crippen LogP contribution >= 0.6 is 0 Å². The van der Waals surface area contributed by atoms with Crippen LogP contribution in [0.25, 0.3) is 5.69 Å². The topological polar surface area (TPSA) is 114 Å². The van der Waals surface area contributed by atoms with E-state index in [1.165, 1.54) is 23.9 Å². The number of hydrogen-bond donors (Lipinski definition) is 3. The van der Waals surface area contributed by atoms with Gasteiger partial charge in [0.1, 0.15) is 17.5 Å². The van der Waals surface area contributed by atoms with Crippen LogP contribution in [0.1, 0.15) is 29.2 Å². The van der Waals surface area contributed by atoms with Gasteiger partial charge in [-0.2, -0.15) is 5.10 Å². The fourth-order valence-electron chi connectivity index (χ4n) is 5.20. The Labute approximate surface area is 213 Å². The highest BCUT2D eigenvalue weighted by atomic mass is 32.2. The molecular formula is C25H27F2N5O4S. The molecule has 3 aromatic rings. The van der Waals surface area contributed by atoms with Crippen molar-refractivity contribution in [3.63, 3.8) is 0 Å². The van der Waals surface area contributed by atoms with Gasteiger partial charge in [-0.3, -0.25) is 5.32 Å². The fourth-order valence-corrected chi connectivity index (χ4v) is 6.70. The van der Waals surface area contributed by atoms with E-state index in [4.69, 9.17) is 4.74 Å². The van der Waals surface area contributed by atoms with Crippen LogP contribution in [-0.4, -0.2) is 56.6 Å². The molecule has 3 N–H and O–H groups in total. The Morgan fingerprint density at radius 3 is 2.62 bits per heavy atom. The number of carbonyl (C=O) groups excluding carboxylic acids is 1. The van der Waals surface area contributed by atoms with Crippen LogP contribution in [0.2, 0.25) is 0 Å². The van der Waals surface area contributed by atoms with Crippen molar-refractivity contribution >= 4 is 21.7 Å². The number of anilines is 1. The molecular weight excluding hydrogens is 504 g/mol. The number of fused-ring (bicyclic) bond motifs is 1. The van der Waals surface area contributed by atoms with E-state index < -0.39 is 39.0 Å². The number of amides is 2. The largest absolute Gasteiger partial charge is 0.385 e. The number of carbonyl (C=O) groups is 1. The van der Waals surface area contributed by atoms with E-state index in [-0.39, 0.29) is 17.3 Å². The quantitative estimate of drug-likeness (QED) is 0.432. The lowest BCUT2D eigenvalue weighted by molar-refractivity contribution is 0.155. The first-order valence-electron chi connectivity index (χ1n) is 11.8. The van der Waals surface area contributed by atoms with Gasteiger partial charge in [-0.05, 0) is 36.2 Å². The number of aromatic nitrogens is 2. The number of hydrogen-bond acceptors (Lipinski definition) is 6. The highest BCUT2D eigenvalue weighted by Crippen LogP contribution is 2.36. The van der Waals surface area contributed by atoms with E-state index in [1.54, 1.807) is 12.1 Å². The van der Waals surface area contributed by atoms with Crippen molar-refractivity contribution in [2.45, 2.75) is 29.4 Å². The first kappa shape index (κ1) is 25.3. The SMILES string of the molecule is COCC[C@@]1(NC(=O)Nc2c3c(nn2-c2ccccc2)CS(=O)(=O)C3)CNC[C@H]1c1cc(F)cc(F)c1. The van der Waals surface area contributed by atoms with E-state index in [0.29, 0.717) is 48.6 Å². The van der Waals surface area contributed by atoms with Crippen molar-refractivity contribution in [3.05, 3.63) is 77.0 Å². The van der Waals surface area contributed by atoms with E-state index in [0.717, 1.165) is 6.07 Å². The third-order valence-electron chi connectivity index (χ3n) is 6.88. The number of halogens is 2. The maximum absolute atomic E-state index is 14.1. The van der Waals surface area contributed by atoms with Gasteiger partial charge in [0, 0.05) is 44.4 Å². The number of nitrogens with zero attached hydrogens (tertiary/aromatic N) is 2. The van der Waals surface area contributed by atoms with E-state index in [9.17, 15) is 22.0 Å². The number of ether oxygens (including phenoxy) is 1. The van der Waals surface area contributed by atoms with Crippen molar-refractivity contribution in [2.75, 3.05) is 32.1 Å². The Bertz CT molecular complexity index is 1410. The van der Waals surface area contributed by atoms with Crippen LogP contribution < -0.4 is 16.0 Å². The smallest absolute Gasteiger partial charge is 0.320 e. The Hall–Kier alpha value is -3.35. The Morgan fingerprint density at radius 2 is 1.92 bits per heavy atom. The molecule has 9 nitrogen and oxygen atoms in total. The molecule has 3 heterocycles. The molecule has 2 aliphatic rings. The van der Waals surface area contributed by atoms with E-state index in [1.807, 2.05) is 18.2 Å². The molecule has 1 saturated heterocycles. The van der Waals surface area contributed by atoms with Crippen LogP contribution in [0.4, 0.5) is 19.4 Å². The first-order valence-corrected chi connectivity index (χ1v) is 13.6. The van der Waals surface area contributed by atoms with Gasteiger partial charge in [0.05, 0.1) is 28.4 Å². The van der Waals surface area contributed by atoms with Gasteiger partial charge in [0.25, 0.3) is 0 Å². The Kier molecular flexibility index (Phi) is 6.73. The molecule has 196 valence electrons. The Balaban J connectivity index is 1.47. The molecule has 0 bridgehead atoms. The number of para-hydroxylation sites is 1. The van der Waals surface area contributed by atoms with Crippen molar-refractivity contribution < 1.29 is 26.7 Å². The predicted octanol–water partition coefficient (Wildman–Crippen LogP) is 2.86. The maximum Gasteiger partial charge on any atom is 0.320 e. The highest BCUT2D eigenvalue weighted by Gasteiger charge is 2.45. The molecule has 0 saturated carbocycles. The van der Waals surface area contributed by atoms with Crippen molar-refractivity contribution in [1.29, 1.82) is 0 Å². The molecule has 1 fully saturated rings. The molecule has 1 aromatic heterocycles. The first-order chi connectivity index (χ1) is 17.7. The molecule has 2 aromatic carbocycles. The van der Waals surface area contributed by atoms with Crippen LogP contribution in [0.3, 0.4) is 0 Å². The minimum atomic E-state index is -3.36. The maximum atomic E-state index is 14.1. The molecule has 2 atom stereocenters. The Morgan fingerprint density at radius 1 is 1.19 bits per heavy atom. The van der Waals surface area contributed by atoms with Crippen LogP contribution in [0.15, 0.2) is 48.5 Å². The standard InChI is InChI=1S/C25H27F2N5O4S/c1-36-8-7-25(15-28-12-21(25)16-9-17(26)11-18(27)10-16)30-24(33)29-23-20-13-37(34,35)14-22(20)31-32(23)19-5-3-2-4-6-19/h2-6,9-11,21,28H,7-8,12-15H2,1H3,(H2,29,30,33)/t21-,25+/m0/s1. The van der Waals surface area contributed by atoms with Crippen molar-refractivity contribution in [2.24, 2.45) is 0 Å². The summed E-state index contributed by atoms with van der Waals surface area (Å²) in [6.45, 7) is 1.03. The summed E-state index contributed by atoms with van der Waals surface area (Å²) in [4.78, 5) is 13.5. The average Bonchev–Trinajstić information content (AvgIpc) is 3.48. The summed E-state index contributed by atoms with van der Waals surface area (Å²) >= 11 is 0. The summed E-state index contributed by atoms with van der Waals surface area (Å²) < 4.78 is 59.5. The highest BCUT2D eigenvalue weighted by molar-refractivity contribution is 7.90. The molecule has 0 spiro atoms. The monoisotopic (exact) mass is 531 g/mol. The molecule has 37 heavy (non-hydrogen) atoms. The van der Waals surface area contributed by atoms with Gasteiger partial charge in [0.2, 0.25) is 0 Å². The lowest BCUT2D eigenvalue weighted by Crippen LogP contribution is -2.55. The van der Waals surface area contributed by atoms with Gasteiger partial charge >= 0.3 is 6.03 Å². The number of urea groups is 1. The fraction of sp³-hybridized carbons (Fsp3) is 0.360. The predicted molar refractivity (Wildman–Crippen MR) is 133 cm³/mol. The summed E-state index contributed by atoms with van der Waals surface area (Å²) in [5.74, 6) is -2.00. The van der Waals surface area contributed by atoms with Crippen molar-refractivity contribution in [3.8, 4) is 5.69 Å². The lowest BCUT2D eigenvalue weighted by Gasteiger charge is -2.36. The summed E-state index contributed by atoms with van der Waals surface area (Å²) in [5.41, 5.74) is 0.990. The van der Waals surface area contributed by atoms with Crippen LogP contribution in [-0.2, 0) is 26.1 Å². The zero-order valence-corrected chi connectivity index (χ0v) is 20.9. The average molecular weight is 532 g/mol. The zero-order chi connectivity index (χ0) is 26.2. The lowest BCUT2D eigenvalue weighted by atomic mass is 9.79. The molecule has 2 amide bonds. The van der Waals surface area contributed by atoms with Crippen molar-refractivity contribution in [1.82, 2.24) is 20.4 Å². The third-order valence-corrected chi connectivity index (χ3v) is 8.32. The second-order valence-electron chi connectivity index (χ2n) is 9.42. The second-order valence-corrected chi connectivity index (χ2v) is 11.5. The minimum Gasteiger partial charge on any atom is -0.385 e. The molecule has 0 radical (unpaired) electrons. The number of nitrogens with one attached hydrogen (secondary N) is 3. The van der Waals surface area contributed by atoms with Gasteiger partial charge < -0.3 is 15.4 Å². The van der Waals surface area contributed by atoms with Gasteiger partial charge in [-0.25, -0.2) is 26.7 Å². The second kappa shape index (κ2) is 9.84. The minimum absolute atomic E-state index is 0.201. The van der Waals surface area contributed by atoms with Crippen LogP contribution in [0, 0.1) is 11.6 Å². The molecule has 2 aliphatic heterocycles. The number of rotatable bonds is 7. The van der Waals surface area contributed by atoms with Crippen LogP contribution in [0.5, 0.6) is 0 Å². The third kappa shape index (κ3) is 5.09. The van der Waals surface area contributed by atoms with E-state index >= 15 is 0 Å². The molecule has 0 aliphatic carbocycles. The molecule has 5 rings (SSSR count). The summed E-state index contributed by atoms with van der Waals surface area (Å²) in [6, 6.07) is 11.8. The zero-order valence-electron chi connectivity index (χ0n) is 20.1. The van der Waals surface area contributed by atoms with Gasteiger partial charge in [-0.15, -0.1) is 0 Å². The summed E-state index contributed by atoms with van der Waals surface area (Å²) in [7, 11) is -1.83. The van der Waals surface area contributed by atoms with Gasteiger partial charge in [-0.1, -0.05) is 18.2 Å². The summed E-state index contributed by atoms with van der Waals surface area (Å²) in [5, 5.41) is 13.5. The molecule has 0 unspecified atom stereocenters. The number of methoxy groups -OCH3 is 1. The van der Waals surface area contributed by atoms with Gasteiger partial charge in [0.15, 0.2) is 9.84 Å². The van der Waals surface area contributed by atoms with E-state index in [2.05, 4.69) is 21.0 Å². The summed E-state index contributed by atoms with van der Waals surface area (Å²) in [6.07, 6.45) is 0.372. The number of sulfone groups is 1. The molecule has 12 heteroatoms. The normalized spacial score (nSPS) is 22.1. The number of benzene rings is 2.